The van der Waals surface area contributed by atoms with Crippen LogP contribution in [0, 0.1) is 0 Å². The van der Waals surface area contributed by atoms with E-state index in [0.717, 1.165) is 12.1 Å². The number of rotatable bonds is 2. The predicted molar refractivity (Wildman–Crippen MR) is 91.6 cm³/mol. The summed E-state index contributed by atoms with van der Waals surface area (Å²) in [5.74, 6) is 0.189. The summed E-state index contributed by atoms with van der Waals surface area (Å²) < 4.78 is 0. The number of thiol groups is 1. The SMILES string of the molecule is C=C/C=C\C1=C(C)CCC(=O)N1C.CC.CC.CS. The van der Waals surface area contributed by atoms with E-state index in [1.54, 1.807) is 17.2 Å². The molecular weight excluding hydrogens is 254 g/mol. The second-order valence-corrected chi connectivity index (χ2v) is 3.21. The molecule has 0 saturated heterocycles. The van der Waals surface area contributed by atoms with Crippen molar-refractivity contribution in [1.29, 1.82) is 0 Å². The summed E-state index contributed by atoms with van der Waals surface area (Å²) in [4.78, 5) is 13.1. The Morgan fingerprint density at radius 3 is 2.05 bits per heavy atom. The van der Waals surface area contributed by atoms with Crippen molar-refractivity contribution in [2.75, 3.05) is 13.3 Å². The van der Waals surface area contributed by atoms with Crippen LogP contribution in [0.15, 0.2) is 36.1 Å². The van der Waals surface area contributed by atoms with E-state index >= 15 is 0 Å². The molecule has 2 nitrogen and oxygen atoms in total. The van der Waals surface area contributed by atoms with Gasteiger partial charge < -0.3 is 4.90 Å². The largest absolute Gasteiger partial charge is 0.316 e. The summed E-state index contributed by atoms with van der Waals surface area (Å²) in [6, 6.07) is 0. The van der Waals surface area contributed by atoms with Crippen LogP contribution in [0.5, 0.6) is 0 Å². The molecule has 0 fully saturated rings. The zero-order valence-electron chi connectivity index (χ0n) is 13.7. The first-order valence-corrected chi connectivity index (χ1v) is 7.76. The molecule has 3 heteroatoms. The van der Waals surface area contributed by atoms with Gasteiger partial charge in [-0.2, -0.15) is 12.6 Å². The van der Waals surface area contributed by atoms with Crippen molar-refractivity contribution in [3.05, 3.63) is 36.1 Å². The summed E-state index contributed by atoms with van der Waals surface area (Å²) in [5.41, 5.74) is 2.27. The van der Waals surface area contributed by atoms with Crippen LogP contribution in [0.1, 0.15) is 47.5 Å². The predicted octanol–water partition coefficient (Wildman–Crippen LogP) is 4.85. The molecule has 0 N–H and O–H groups in total. The molecule has 0 atom stereocenters. The lowest BCUT2D eigenvalue weighted by atomic mass is 10.0. The van der Waals surface area contributed by atoms with Crippen molar-refractivity contribution in [1.82, 2.24) is 4.90 Å². The maximum absolute atomic E-state index is 11.3. The van der Waals surface area contributed by atoms with E-state index in [2.05, 4.69) is 26.1 Å². The topological polar surface area (TPSA) is 20.3 Å². The molecule has 0 aromatic rings. The van der Waals surface area contributed by atoms with Gasteiger partial charge in [0.05, 0.1) is 0 Å². The van der Waals surface area contributed by atoms with Crippen LogP contribution in [0.4, 0.5) is 0 Å². The van der Waals surface area contributed by atoms with Gasteiger partial charge in [-0.05, 0) is 31.2 Å². The minimum Gasteiger partial charge on any atom is -0.316 e. The van der Waals surface area contributed by atoms with E-state index in [0.29, 0.717) is 6.42 Å². The maximum atomic E-state index is 11.3. The van der Waals surface area contributed by atoms with E-state index in [4.69, 9.17) is 0 Å². The number of allylic oxidation sites excluding steroid dienone is 4. The molecule has 0 spiro atoms. The number of hydrogen-bond donors (Lipinski definition) is 1. The fraction of sp³-hybridized carbons (Fsp3) is 0.562. The molecular formula is C16H31NOS. The third-order valence-electron chi connectivity index (χ3n) is 2.28. The van der Waals surface area contributed by atoms with E-state index in [9.17, 15) is 4.79 Å². The summed E-state index contributed by atoms with van der Waals surface area (Å²) >= 11 is 3.53. The fourth-order valence-corrected chi connectivity index (χ4v) is 1.42. The van der Waals surface area contributed by atoms with Gasteiger partial charge in [0.2, 0.25) is 5.91 Å². The molecule has 1 rings (SSSR count). The first kappa shape index (κ1) is 23.2. The summed E-state index contributed by atoms with van der Waals surface area (Å²) in [5, 5.41) is 0. The van der Waals surface area contributed by atoms with Gasteiger partial charge in [0.15, 0.2) is 0 Å². The molecule has 0 bridgehead atoms. The van der Waals surface area contributed by atoms with Crippen LogP contribution in [-0.4, -0.2) is 24.1 Å². The molecule has 1 amide bonds. The fourth-order valence-electron chi connectivity index (χ4n) is 1.42. The molecule has 1 aliphatic rings. The van der Waals surface area contributed by atoms with Crippen LogP contribution in [0.2, 0.25) is 0 Å². The van der Waals surface area contributed by atoms with Crippen LogP contribution >= 0.6 is 12.6 Å². The Balaban J connectivity index is -0.000000375. The minimum atomic E-state index is 0.189. The number of carbonyl (C=O) groups is 1. The molecule has 19 heavy (non-hydrogen) atoms. The smallest absolute Gasteiger partial charge is 0.227 e. The molecule has 0 aliphatic carbocycles. The quantitative estimate of drug-likeness (QED) is 0.568. The van der Waals surface area contributed by atoms with Gasteiger partial charge in [0, 0.05) is 19.2 Å². The monoisotopic (exact) mass is 285 g/mol. The van der Waals surface area contributed by atoms with Crippen molar-refractivity contribution in [3.63, 3.8) is 0 Å². The highest BCUT2D eigenvalue weighted by Gasteiger charge is 2.18. The number of amides is 1. The van der Waals surface area contributed by atoms with Crippen LogP contribution in [0.3, 0.4) is 0 Å². The summed E-state index contributed by atoms with van der Waals surface area (Å²) in [6.07, 6.45) is 8.70. The molecule has 1 aliphatic heterocycles. The number of likely N-dealkylation sites (N-methyl/N-ethyl adjacent to an activating group) is 1. The van der Waals surface area contributed by atoms with Gasteiger partial charge in [-0.3, -0.25) is 4.79 Å². The Morgan fingerprint density at radius 2 is 1.63 bits per heavy atom. The highest BCUT2D eigenvalue weighted by atomic mass is 32.1. The van der Waals surface area contributed by atoms with Crippen LogP contribution in [0.25, 0.3) is 0 Å². The molecule has 0 aromatic carbocycles. The number of nitrogens with zero attached hydrogens (tertiary/aromatic N) is 1. The van der Waals surface area contributed by atoms with Gasteiger partial charge in [0.25, 0.3) is 0 Å². The molecule has 0 radical (unpaired) electrons. The van der Waals surface area contributed by atoms with E-state index in [-0.39, 0.29) is 5.91 Å². The third-order valence-corrected chi connectivity index (χ3v) is 2.28. The zero-order valence-corrected chi connectivity index (χ0v) is 14.6. The Bertz CT molecular complexity index is 293. The van der Waals surface area contributed by atoms with Gasteiger partial charge in [-0.25, -0.2) is 0 Å². The van der Waals surface area contributed by atoms with Gasteiger partial charge in [0.1, 0.15) is 0 Å². The molecule has 1 heterocycles. The standard InChI is InChI=1S/C11H15NO.2C2H6.CH4S/c1-4-5-6-10-9(2)7-8-11(13)12(10)3;3*1-2/h4-6H,1,7-8H2,2-3H3;2*1-2H3;2H,1H3/b6-5-;;;. The summed E-state index contributed by atoms with van der Waals surface area (Å²) in [6.45, 7) is 13.7. The highest BCUT2D eigenvalue weighted by molar-refractivity contribution is 7.79. The molecule has 0 aromatic heterocycles. The molecule has 112 valence electrons. The lowest BCUT2D eigenvalue weighted by molar-refractivity contribution is -0.128. The maximum Gasteiger partial charge on any atom is 0.227 e. The van der Waals surface area contributed by atoms with Gasteiger partial charge in [-0.1, -0.05) is 46.4 Å². The normalized spacial score (nSPS) is 13.7. The average molecular weight is 285 g/mol. The second-order valence-electron chi connectivity index (χ2n) is 3.21. The third kappa shape index (κ3) is 9.60. The van der Waals surface area contributed by atoms with E-state index < -0.39 is 0 Å². The average Bonchev–Trinajstić information content (AvgIpc) is 2.49. The van der Waals surface area contributed by atoms with E-state index in [1.807, 2.05) is 46.9 Å². The van der Waals surface area contributed by atoms with Crippen molar-refractivity contribution < 1.29 is 4.79 Å². The number of carbonyl (C=O) groups excluding carboxylic acids is 1. The van der Waals surface area contributed by atoms with Gasteiger partial charge >= 0.3 is 0 Å². The van der Waals surface area contributed by atoms with Crippen molar-refractivity contribution in [2.24, 2.45) is 0 Å². The molecule has 0 unspecified atom stereocenters. The van der Waals surface area contributed by atoms with Crippen molar-refractivity contribution >= 4 is 18.5 Å². The first-order valence-electron chi connectivity index (χ1n) is 6.87. The summed E-state index contributed by atoms with van der Waals surface area (Å²) in [7, 11) is 1.81. The Labute approximate surface area is 125 Å². The zero-order chi connectivity index (χ0) is 15.8. The lowest BCUT2D eigenvalue weighted by Crippen LogP contribution is -2.29. The van der Waals surface area contributed by atoms with Crippen LogP contribution in [-0.2, 0) is 4.79 Å². The minimum absolute atomic E-state index is 0.189. The van der Waals surface area contributed by atoms with Crippen LogP contribution < -0.4 is 0 Å². The molecule has 0 saturated carbocycles. The van der Waals surface area contributed by atoms with E-state index in [1.165, 1.54) is 5.57 Å². The lowest BCUT2D eigenvalue weighted by Gasteiger charge is -2.25. The Kier molecular flexibility index (Phi) is 20.8. The second kappa shape index (κ2) is 17.0. The first-order chi connectivity index (χ1) is 9.16. The Hall–Kier alpha value is -0.960. The highest BCUT2D eigenvalue weighted by Crippen LogP contribution is 2.22. The number of hydrogen-bond acceptors (Lipinski definition) is 2. The van der Waals surface area contributed by atoms with Crippen molar-refractivity contribution in [2.45, 2.75) is 47.5 Å². The van der Waals surface area contributed by atoms with Crippen molar-refractivity contribution in [3.8, 4) is 0 Å². The van der Waals surface area contributed by atoms with Gasteiger partial charge in [-0.15, -0.1) is 0 Å². The Morgan fingerprint density at radius 1 is 1.16 bits per heavy atom.